The van der Waals surface area contributed by atoms with Gasteiger partial charge in [0.25, 0.3) is 0 Å². The van der Waals surface area contributed by atoms with Gasteiger partial charge in [-0.2, -0.15) is 5.10 Å². The van der Waals surface area contributed by atoms with E-state index in [1.54, 1.807) is 6.20 Å². The fourth-order valence-electron chi connectivity index (χ4n) is 3.84. The molecule has 0 saturated carbocycles. The lowest BCUT2D eigenvalue weighted by Gasteiger charge is -2.26. The number of aromatic nitrogens is 4. The number of benzene rings is 2. The van der Waals surface area contributed by atoms with E-state index >= 15 is 0 Å². The number of H-pyrrole nitrogens is 2. The van der Waals surface area contributed by atoms with Crippen molar-refractivity contribution in [3.63, 3.8) is 0 Å². The highest BCUT2D eigenvalue weighted by Gasteiger charge is 2.17. The van der Waals surface area contributed by atoms with Gasteiger partial charge in [-0.15, -0.1) is 0 Å². The molecule has 0 spiro atoms. The summed E-state index contributed by atoms with van der Waals surface area (Å²) in [5, 5.41) is 7.16. The third-order valence-electron chi connectivity index (χ3n) is 5.46. The van der Waals surface area contributed by atoms with Crippen LogP contribution >= 0.6 is 0 Å². The second-order valence-electron chi connectivity index (χ2n) is 7.56. The van der Waals surface area contributed by atoms with E-state index < -0.39 is 0 Å². The molecule has 0 aliphatic carbocycles. The number of Topliss-reactive ketones (excluding diaryl/α,β-unsaturated/α-hetero) is 1. The maximum absolute atomic E-state index is 12.6. The fourth-order valence-corrected chi connectivity index (χ4v) is 3.84. The summed E-state index contributed by atoms with van der Waals surface area (Å²) in [4.78, 5) is 23.1. The molecule has 1 aliphatic rings. The van der Waals surface area contributed by atoms with Gasteiger partial charge in [-0.1, -0.05) is 36.4 Å². The lowest BCUT2D eigenvalue weighted by molar-refractivity contribution is 0.0342. The molecular formula is C23H23N5O2. The molecule has 7 nitrogen and oxygen atoms in total. The Morgan fingerprint density at radius 1 is 1.10 bits per heavy atom. The third-order valence-corrected chi connectivity index (χ3v) is 5.46. The average molecular weight is 401 g/mol. The summed E-state index contributed by atoms with van der Waals surface area (Å²) in [6.45, 7) is 4.40. The Bertz CT molecular complexity index is 1160. The lowest BCUT2D eigenvalue weighted by atomic mass is 10.0. The minimum Gasteiger partial charge on any atom is -0.379 e. The van der Waals surface area contributed by atoms with Crippen LogP contribution in [-0.2, 0) is 17.7 Å². The maximum atomic E-state index is 12.6. The third kappa shape index (κ3) is 3.90. The Morgan fingerprint density at radius 2 is 1.93 bits per heavy atom. The van der Waals surface area contributed by atoms with E-state index in [9.17, 15) is 4.79 Å². The van der Waals surface area contributed by atoms with E-state index in [4.69, 9.17) is 9.72 Å². The van der Waals surface area contributed by atoms with Crippen LogP contribution < -0.4 is 0 Å². The summed E-state index contributed by atoms with van der Waals surface area (Å²) in [5.41, 5.74) is 5.39. The number of nitrogens with zero attached hydrogens (tertiary/aromatic N) is 3. The highest BCUT2D eigenvalue weighted by molar-refractivity contribution is 5.98. The van der Waals surface area contributed by atoms with E-state index in [0.717, 1.165) is 55.1 Å². The van der Waals surface area contributed by atoms with Gasteiger partial charge in [0.2, 0.25) is 0 Å². The second-order valence-corrected chi connectivity index (χ2v) is 7.56. The standard InChI is InChI=1S/C23H23N5O2/c29-21(17-4-2-1-3-5-17)13-18-14-24-27-22(18)23-25-19-7-6-16(12-20(19)26-23)15-28-8-10-30-11-9-28/h1-7,12,14H,8-11,13,15H2,(H,24,27)(H,25,26). The monoisotopic (exact) mass is 401 g/mol. The Balaban J connectivity index is 1.37. The van der Waals surface area contributed by atoms with Gasteiger partial charge in [0, 0.05) is 37.2 Å². The van der Waals surface area contributed by atoms with Gasteiger partial charge in [-0.25, -0.2) is 4.98 Å². The molecule has 0 unspecified atom stereocenters. The molecule has 152 valence electrons. The average Bonchev–Trinajstić information content (AvgIpc) is 3.41. The number of hydrogen-bond donors (Lipinski definition) is 2. The predicted molar refractivity (Wildman–Crippen MR) is 114 cm³/mol. The number of carbonyl (C=O) groups excluding carboxylic acids is 1. The van der Waals surface area contributed by atoms with Crippen molar-refractivity contribution < 1.29 is 9.53 Å². The van der Waals surface area contributed by atoms with Crippen molar-refractivity contribution in [2.45, 2.75) is 13.0 Å². The molecule has 0 radical (unpaired) electrons. The Kier molecular flexibility index (Phi) is 5.13. The summed E-state index contributed by atoms with van der Waals surface area (Å²) in [6, 6.07) is 15.6. The fraction of sp³-hybridized carbons (Fsp3) is 0.261. The van der Waals surface area contributed by atoms with Crippen molar-refractivity contribution in [3.8, 4) is 11.5 Å². The van der Waals surface area contributed by atoms with Crippen molar-refractivity contribution in [1.29, 1.82) is 0 Å². The molecule has 2 aromatic heterocycles. The molecule has 2 aromatic carbocycles. The molecule has 7 heteroatoms. The molecule has 30 heavy (non-hydrogen) atoms. The first-order valence-corrected chi connectivity index (χ1v) is 10.2. The summed E-state index contributed by atoms with van der Waals surface area (Å²) in [7, 11) is 0. The van der Waals surface area contributed by atoms with Crippen LogP contribution in [0.25, 0.3) is 22.6 Å². The van der Waals surface area contributed by atoms with E-state index in [2.05, 4.69) is 32.2 Å². The number of aromatic amines is 2. The van der Waals surface area contributed by atoms with Gasteiger partial charge < -0.3 is 9.72 Å². The first-order valence-electron chi connectivity index (χ1n) is 10.2. The molecule has 1 saturated heterocycles. The molecule has 5 rings (SSSR count). The van der Waals surface area contributed by atoms with Crippen molar-refractivity contribution in [1.82, 2.24) is 25.1 Å². The van der Waals surface area contributed by atoms with Gasteiger partial charge in [-0.3, -0.25) is 14.8 Å². The first kappa shape index (κ1) is 18.7. The number of morpholine rings is 1. The normalized spacial score (nSPS) is 14.9. The predicted octanol–water partition coefficient (Wildman–Crippen LogP) is 3.21. The summed E-state index contributed by atoms with van der Waals surface area (Å²) >= 11 is 0. The van der Waals surface area contributed by atoms with E-state index in [1.165, 1.54) is 5.56 Å². The number of imidazole rings is 1. The van der Waals surface area contributed by atoms with Crippen LogP contribution in [0.5, 0.6) is 0 Å². The van der Waals surface area contributed by atoms with Crippen molar-refractivity contribution >= 4 is 16.8 Å². The summed E-state index contributed by atoms with van der Waals surface area (Å²) in [6.07, 6.45) is 1.97. The second kappa shape index (κ2) is 8.22. The zero-order valence-corrected chi connectivity index (χ0v) is 16.6. The van der Waals surface area contributed by atoms with Crippen LogP contribution in [0.2, 0.25) is 0 Å². The molecule has 1 fully saturated rings. The van der Waals surface area contributed by atoms with Crippen LogP contribution in [0.3, 0.4) is 0 Å². The number of hydrogen-bond acceptors (Lipinski definition) is 5. The van der Waals surface area contributed by atoms with Crippen molar-refractivity contribution in [2.24, 2.45) is 0 Å². The number of fused-ring (bicyclic) bond motifs is 1. The zero-order valence-electron chi connectivity index (χ0n) is 16.6. The van der Waals surface area contributed by atoms with Gasteiger partial charge in [0.15, 0.2) is 11.6 Å². The molecule has 4 aromatic rings. The molecule has 2 N–H and O–H groups in total. The lowest BCUT2D eigenvalue weighted by Crippen LogP contribution is -2.35. The van der Waals surface area contributed by atoms with Gasteiger partial charge in [0.1, 0.15) is 5.69 Å². The van der Waals surface area contributed by atoms with Crippen molar-refractivity contribution in [3.05, 3.63) is 71.4 Å². The number of rotatable bonds is 6. The Morgan fingerprint density at radius 3 is 2.77 bits per heavy atom. The number of nitrogens with one attached hydrogen (secondary N) is 2. The molecule has 0 amide bonds. The molecule has 0 bridgehead atoms. The SMILES string of the molecule is O=C(Cc1cn[nH]c1-c1nc2ccc(CN3CCOCC3)cc2[nH]1)c1ccccc1. The van der Waals surface area contributed by atoms with Crippen LogP contribution in [0.15, 0.2) is 54.7 Å². The van der Waals surface area contributed by atoms with Crippen LogP contribution in [0, 0.1) is 0 Å². The van der Waals surface area contributed by atoms with E-state index in [1.807, 2.05) is 36.4 Å². The number of carbonyl (C=O) groups is 1. The quantitative estimate of drug-likeness (QED) is 0.485. The van der Waals surface area contributed by atoms with E-state index in [-0.39, 0.29) is 12.2 Å². The first-order chi connectivity index (χ1) is 14.8. The smallest absolute Gasteiger partial charge is 0.167 e. The highest BCUT2D eigenvalue weighted by atomic mass is 16.5. The summed E-state index contributed by atoms with van der Waals surface area (Å²) in [5.74, 6) is 0.754. The van der Waals surface area contributed by atoms with Gasteiger partial charge in [0.05, 0.1) is 30.4 Å². The zero-order chi connectivity index (χ0) is 20.3. The maximum Gasteiger partial charge on any atom is 0.167 e. The van der Waals surface area contributed by atoms with Crippen LogP contribution in [0.1, 0.15) is 21.5 Å². The molecule has 0 atom stereocenters. The minimum atomic E-state index is 0.0576. The minimum absolute atomic E-state index is 0.0576. The Labute approximate surface area is 174 Å². The van der Waals surface area contributed by atoms with E-state index in [0.29, 0.717) is 11.4 Å². The summed E-state index contributed by atoms with van der Waals surface area (Å²) < 4.78 is 5.43. The van der Waals surface area contributed by atoms with Crippen molar-refractivity contribution in [2.75, 3.05) is 26.3 Å². The van der Waals surface area contributed by atoms with Gasteiger partial charge >= 0.3 is 0 Å². The largest absolute Gasteiger partial charge is 0.379 e. The Hall–Kier alpha value is -3.29. The molecular weight excluding hydrogens is 378 g/mol. The molecule has 3 heterocycles. The number of ether oxygens (including phenoxy) is 1. The molecule has 1 aliphatic heterocycles. The van der Waals surface area contributed by atoms with Crippen LogP contribution in [0.4, 0.5) is 0 Å². The highest BCUT2D eigenvalue weighted by Crippen LogP contribution is 2.24. The topological polar surface area (TPSA) is 86.9 Å². The van der Waals surface area contributed by atoms with Crippen LogP contribution in [-0.4, -0.2) is 57.2 Å². The number of ketones is 1. The van der Waals surface area contributed by atoms with Gasteiger partial charge in [-0.05, 0) is 17.7 Å².